The number of para-hydroxylation sites is 1. The number of nitrogens with zero attached hydrogens (tertiary/aromatic N) is 1. The van der Waals surface area contributed by atoms with Gasteiger partial charge in [-0.2, -0.15) is 0 Å². The summed E-state index contributed by atoms with van der Waals surface area (Å²) in [5.41, 5.74) is 1.44. The Labute approximate surface area is 119 Å². The normalized spacial score (nSPS) is 24.1. The minimum Gasteiger partial charge on any atom is -0.341 e. The highest BCUT2D eigenvalue weighted by Gasteiger charge is 2.51. The predicted molar refractivity (Wildman–Crippen MR) is 77.5 cm³/mol. The van der Waals surface area contributed by atoms with Gasteiger partial charge in [0.05, 0.1) is 5.41 Å². The number of nitrogens with one attached hydrogen (secondary N) is 1. The van der Waals surface area contributed by atoms with Gasteiger partial charge in [-0.3, -0.25) is 9.59 Å². The molecule has 0 saturated carbocycles. The Bertz CT molecular complexity index is 555. The van der Waals surface area contributed by atoms with E-state index in [4.69, 9.17) is 0 Å². The zero-order valence-corrected chi connectivity index (χ0v) is 11.8. The Hall–Kier alpha value is -1.84. The van der Waals surface area contributed by atoms with Crippen LogP contribution in [0.5, 0.6) is 0 Å². The lowest BCUT2D eigenvalue weighted by atomic mass is 9.81. The van der Waals surface area contributed by atoms with Crippen LogP contribution in [0.1, 0.15) is 38.2 Å². The van der Waals surface area contributed by atoms with E-state index in [9.17, 15) is 9.59 Å². The summed E-state index contributed by atoms with van der Waals surface area (Å²) < 4.78 is 0. The molecule has 1 unspecified atom stereocenters. The van der Waals surface area contributed by atoms with Crippen LogP contribution in [-0.4, -0.2) is 29.8 Å². The molecule has 106 valence electrons. The van der Waals surface area contributed by atoms with Crippen LogP contribution in [0.2, 0.25) is 0 Å². The quantitative estimate of drug-likeness (QED) is 0.918. The highest BCUT2D eigenvalue weighted by Crippen LogP contribution is 2.44. The van der Waals surface area contributed by atoms with Gasteiger partial charge in [-0.05, 0) is 24.5 Å². The molecule has 0 aliphatic carbocycles. The number of hydrogen-bond acceptors (Lipinski definition) is 2. The summed E-state index contributed by atoms with van der Waals surface area (Å²) in [6.45, 7) is 3.29. The van der Waals surface area contributed by atoms with Gasteiger partial charge >= 0.3 is 0 Å². The number of hydrogen-bond donors (Lipinski definition) is 1. The second-order valence-electron chi connectivity index (χ2n) is 5.75. The van der Waals surface area contributed by atoms with Gasteiger partial charge < -0.3 is 10.2 Å². The van der Waals surface area contributed by atoms with Crippen molar-refractivity contribution in [1.29, 1.82) is 0 Å². The smallest absolute Gasteiger partial charge is 0.236 e. The van der Waals surface area contributed by atoms with Crippen LogP contribution >= 0.6 is 0 Å². The molecule has 1 fully saturated rings. The lowest BCUT2D eigenvalue weighted by Crippen LogP contribution is -2.39. The van der Waals surface area contributed by atoms with E-state index in [1.54, 1.807) is 0 Å². The molecule has 1 N–H and O–H groups in total. The van der Waals surface area contributed by atoms with Crippen LogP contribution in [0.4, 0.5) is 5.69 Å². The van der Waals surface area contributed by atoms with E-state index in [0.29, 0.717) is 19.5 Å². The summed E-state index contributed by atoms with van der Waals surface area (Å²) in [6, 6.07) is 7.83. The van der Waals surface area contributed by atoms with Gasteiger partial charge in [-0.15, -0.1) is 0 Å². The molecular formula is C16H20N2O2. The third-order valence-corrected chi connectivity index (χ3v) is 4.49. The third kappa shape index (κ3) is 1.90. The summed E-state index contributed by atoms with van der Waals surface area (Å²) >= 11 is 0. The van der Waals surface area contributed by atoms with Crippen molar-refractivity contribution in [2.45, 2.75) is 38.0 Å². The molecule has 1 atom stereocenters. The summed E-state index contributed by atoms with van der Waals surface area (Å²) in [7, 11) is 0. The first-order chi connectivity index (χ1) is 9.67. The van der Waals surface area contributed by atoms with Crippen molar-refractivity contribution < 1.29 is 9.59 Å². The maximum atomic E-state index is 12.4. The van der Waals surface area contributed by atoms with E-state index in [-0.39, 0.29) is 11.8 Å². The monoisotopic (exact) mass is 272 g/mol. The Kier molecular flexibility index (Phi) is 3.24. The van der Waals surface area contributed by atoms with Crippen molar-refractivity contribution in [3.05, 3.63) is 29.8 Å². The molecule has 4 nitrogen and oxygen atoms in total. The molecule has 0 radical (unpaired) electrons. The molecule has 1 aromatic carbocycles. The van der Waals surface area contributed by atoms with Crippen LogP contribution < -0.4 is 5.32 Å². The lowest BCUT2D eigenvalue weighted by Gasteiger charge is -2.22. The molecule has 3 rings (SSSR count). The summed E-state index contributed by atoms with van der Waals surface area (Å²) in [4.78, 5) is 26.4. The number of likely N-dealkylation sites (tertiary alicyclic amines) is 1. The minimum absolute atomic E-state index is 0.0458. The van der Waals surface area contributed by atoms with Crippen LogP contribution in [0.3, 0.4) is 0 Å². The molecule has 20 heavy (non-hydrogen) atoms. The van der Waals surface area contributed by atoms with Crippen molar-refractivity contribution in [2.75, 3.05) is 18.4 Å². The molecule has 1 aromatic rings. The first kappa shape index (κ1) is 13.2. The fourth-order valence-electron chi connectivity index (χ4n) is 3.29. The van der Waals surface area contributed by atoms with Gasteiger partial charge in [0, 0.05) is 25.2 Å². The van der Waals surface area contributed by atoms with Gasteiger partial charge in [0.15, 0.2) is 0 Å². The van der Waals surface area contributed by atoms with Gasteiger partial charge in [-0.25, -0.2) is 0 Å². The molecule has 2 heterocycles. The molecule has 0 bridgehead atoms. The summed E-state index contributed by atoms with van der Waals surface area (Å²) in [6.07, 6.45) is 3.27. The van der Waals surface area contributed by atoms with E-state index >= 15 is 0 Å². The summed E-state index contributed by atoms with van der Waals surface area (Å²) in [5, 5.41) is 2.96. The van der Waals surface area contributed by atoms with E-state index in [1.807, 2.05) is 29.2 Å². The second kappa shape index (κ2) is 4.93. The van der Waals surface area contributed by atoms with E-state index in [2.05, 4.69) is 12.2 Å². The molecule has 2 amide bonds. The van der Waals surface area contributed by atoms with Crippen molar-refractivity contribution in [1.82, 2.24) is 4.90 Å². The topological polar surface area (TPSA) is 49.4 Å². The highest BCUT2D eigenvalue weighted by molar-refractivity contribution is 6.07. The number of anilines is 1. The van der Waals surface area contributed by atoms with Crippen molar-refractivity contribution >= 4 is 17.5 Å². The van der Waals surface area contributed by atoms with Gasteiger partial charge in [-0.1, -0.05) is 31.5 Å². The van der Waals surface area contributed by atoms with Crippen LogP contribution in [0, 0.1) is 0 Å². The predicted octanol–water partition coefficient (Wildman–Crippen LogP) is 2.30. The van der Waals surface area contributed by atoms with Gasteiger partial charge in [0.25, 0.3) is 0 Å². The van der Waals surface area contributed by atoms with E-state index in [0.717, 1.165) is 30.5 Å². The molecule has 0 aromatic heterocycles. The van der Waals surface area contributed by atoms with Gasteiger partial charge in [0.2, 0.25) is 11.8 Å². The molecule has 4 heteroatoms. The first-order valence-electron chi connectivity index (χ1n) is 7.36. The fraction of sp³-hybridized carbons (Fsp3) is 0.500. The number of carbonyl (C=O) groups excluding carboxylic acids is 2. The van der Waals surface area contributed by atoms with E-state index < -0.39 is 5.41 Å². The maximum absolute atomic E-state index is 12.4. The van der Waals surface area contributed by atoms with Crippen LogP contribution in [0.25, 0.3) is 0 Å². The zero-order chi connectivity index (χ0) is 14.2. The third-order valence-electron chi connectivity index (χ3n) is 4.49. The minimum atomic E-state index is -0.515. The van der Waals surface area contributed by atoms with Gasteiger partial charge in [0.1, 0.15) is 0 Å². The largest absolute Gasteiger partial charge is 0.341 e. The Morgan fingerprint density at radius 3 is 3.00 bits per heavy atom. The molecule has 2 aliphatic rings. The molecular weight excluding hydrogens is 252 g/mol. The Balaban J connectivity index is 1.82. The van der Waals surface area contributed by atoms with Crippen molar-refractivity contribution in [3.63, 3.8) is 0 Å². The Morgan fingerprint density at radius 2 is 2.20 bits per heavy atom. The number of unbranched alkanes of at least 4 members (excludes halogenated alkanes) is 1. The average molecular weight is 272 g/mol. The first-order valence-corrected chi connectivity index (χ1v) is 7.36. The maximum Gasteiger partial charge on any atom is 0.236 e. The second-order valence-corrected chi connectivity index (χ2v) is 5.75. The lowest BCUT2D eigenvalue weighted by molar-refractivity contribution is -0.130. The molecule has 1 saturated heterocycles. The number of benzene rings is 1. The zero-order valence-electron chi connectivity index (χ0n) is 11.8. The standard InChI is InChI=1S/C16H20N2O2/c1-2-3-8-14(19)18-10-9-16(11-18)12-6-4-5-7-13(12)17-15(16)20/h4-7H,2-3,8-11H2,1H3,(H,17,20). The number of carbonyl (C=O) groups is 2. The number of fused-ring (bicyclic) bond motifs is 2. The molecule has 2 aliphatic heterocycles. The SMILES string of the molecule is CCCCC(=O)N1CCC2(C1)C(=O)Nc1ccccc12. The number of rotatable bonds is 3. The number of amides is 2. The average Bonchev–Trinajstić information content (AvgIpc) is 3.02. The summed E-state index contributed by atoms with van der Waals surface area (Å²) in [5.74, 6) is 0.227. The van der Waals surface area contributed by atoms with Crippen LogP contribution in [0.15, 0.2) is 24.3 Å². The highest BCUT2D eigenvalue weighted by atomic mass is 16.2. The van der Waals surface area contributed by atoms with Crippen molar-refractivity contribution in [2.24, 2.45) is 0 Å². The van der Waals surface area contributed by atoms with Crippen LogP contribution in [-0.2, 0) is 15.0 Å². The Morgan fingerprint density at radius 1 is 1.40 bits per heavy atom. The van der Waals surface area contributed by atoms with E-state index in [1.165, 1.54) is 0 Å². The van der Waals surface area contributed by atoms with Crippen molar-refractivity contribution in [3.8, 4) is 0 Å². The fourth-order valence-corrected chi connectivity index (χ4v) is 3.29. The molecule has 1 spiro atoms.